The van der Waals surface area contributed by atoms with Crippen LogP contribution >= 0.6 is 0 Å². The molecular formula is C16H29N3O. The van der Waals surface area contributed by atoms with E-state index < -0.39 is 0 Å². The number of nitrogens with zero attached hydrogens (tertiary/aromatic N) is 2. The van der Waals surface area contributed by atoms with Crippen molar-refractivity contribution in [3.8, 4) is 0 Å². The molecule has 1 aromatic rings. The van der Waals surface area contributed by atoms with Gasteiger partial charge in [-0.1, -0.05) is 32.6 Å². The maximum atomic E-state index is 5.06. The number of aromatic nitrogens is 2. The summed E-state index contributed by atoms with van der Waals surface area (Å²) in [5, 5.41) is 3.39. The van der Waals surface area contributed by atoms with Crippen LogP contribution in [0.5, 0.6) is 0 Å². The molecule has 0 bridgehead atoms. The summed E-state index contributed by atoms with van der Waals surface area (Å²) in [6.07, 6.45) is 11.9. The minimum Gasteiger partial charge on any atom is -0.385 e. The van der Waals surface area contributed by atoms with Gasteiger partial charge < -0.3 is 14.6 Å². The average Bonchev–Trinajstić information content (AvgIpc) is 2.90. The highest BCUT2D eigenvalue weighted by atomic mass is 16.5. The molecule has 1 fully saturated rings. The van der Waals surface area contributed by atoms with E-state index in [1.54, 1.807) is 7.11 Å². The van der Waals surface area contributed by atoms with Crippen LogP contribution in [-0.4, -0.2) is 29.8 Å². The van der Waals surface area contributed by atoms with E-state index in [9.17, 15) is 0 Å². The third-order valence-corrected chi connectivity index (χ3v) is 4.44. The predicted molar refractivity (Wildman–Crippen MR) is 82.9 cm³/mol. The smallest absolute Gasteiger partial charge is 0.202 e. The van der Waals surface area contributed by atoms with Crippen LogP contribution < -0.4 is 5.32 Å². The Kier molecular flexibility index (Phi) is 6.37. The SMILES string of the molecule is COCCCNc1nccn1CCC1CCC(C)CC1. The van der Waals surface area contributed by atoms with Gasteiger partial charge in [0.15, 0.2) is 0 Å². The minimum absolute atomic E-state index is 0.800. The summed E-state index contributed by atoms with van der Waals surface area (Å²) in [5.41, 5.74) is 0. The molecule has 4 heteroatoms. The number of imidazole rings is 1. The Morgan fingerprint density at radius 2 is 2.15 bits per heavy atom. The highest BCUT2D eigenvalue weighted by molar-refractivity contribution is 5.25. The summed E-state index contributed by atoms with van der Waals surface area (Å²) in [4.78, 5) is 4.40. The number of methoxy groups -OCH3 is 1. The van der Waals surface area contributed by atoms with Crippen LogP contribution in [0.1, 0.15) is 45.4 Å². The van der Waals surface area contributed by atoms with Gasteiger partial charge in [0.1, 0.15) is 0 Å². The van der Waals surface area contributed by atoms with Crippen molar-refractivity contribution in [2.75, 3.05) is 25.6 Å². The molecule has 1 aromatic heterocycles. The third-order valence-electron chi connectivity index (χ3n) is 4.44. The van der Waals surface area contributed by atoms with E-state index in [0.29, 0.717) is 0 Å². The van der Waals surface area contributed by atoms with Gasteiger partial charge in [-0.05, 0) is 24.7 Å². The molecule has 0 aliphatic heterocycles. The molecule has 1 saturated carbocycles. The van der Waals surface area contributed by atoms with Gasteiger partial charge in [-0.3, -0.25) is 0 Å². The molecule has 4 nitrogen and oxygen atoms in total. The van der Waals surface area contributed by atoms with Crippen molar-refractivity contribution in [3.05, 3.63) is 12.4 Å². The summed E-state index contributed by atoms with van der Waals surface area (Å²) < 4.78 is 7.31. The summed E-state index contributed by atoms with van der Waals surface area (Å²) in [6.45, 7) is 5.19. The molecule has 0 unspecified atom stereocenters. The van der Waals surface area contributed by atoms with Gasteiger partial charge in [0, 0.05) is 39.2 Å². The zero-order valence-corrected chi connectivity index (χ0v) is 13.0. The van der Waals surface area contributed by atoms with Crippen molar-refractivity contribution in [2.45, 2.75) is 52.0 Å². The largest absolute Gasteiger partial charge is 0.385 e. The van der Waals surface area contributed by atoms with E-state index in [1.165, 1.54) is 32.1 Å². The van der Waals surface area contributed by atoms with Crippen molar-refractivity contribution >= 4 is 5.95 Å². The fraction of sp³-hybridized carbons (Fsp3) is 0.812. The van der Waals surface area contributed by atoms with Gasteiger partial charge in [0.25, 0.3) is 0 Å². The van der Waals surface area contributed by atoms with Crippen molar-refractivity contribution in [2.24, 2.45) is 11.8 Å². The standard InChI is InChI=1S/C16H29N3O/c1-14-4-6-15(7-5-14)8-11-19-12-10-18-16(19)17-9-3-13-20-2/h10,12,14-15H,3-9,11,13H2,1-2H3,(H,17,18). The molecule has 0 aromatic carbocycles. The van der Waals surface area contributed by atoms with Crippen molar-refractivity contribution in [3.63, 3.8) is 0 Å². The average molecular weight is 279 g/mol. The lowest BCUT2D eigenvalue weighted by Crippen LogP contribution is -2.15. The third kappa shape index (κ3) is 4.82. The monoisotopic (exact) mass is 279 g/mol. The van der Waals surface area contributed by atoms with Gasteiger partial charge in [-0.2, -0.15) is 0 Å². The summed E-state index contributed by atoms with van der Waals surface area (Å²) >= 11 is 0. The summed E-state index contributed by atoms with van der Waals surface area (Å²) in [7, 11) is 1.74. The molecule has 1 heterocycles. The number of anilines is 1. The molecule has 20 heavy (non-hydrogen) atoms. The number of aryl methyl sites for hydroxylation is 1. The number of hydrogen-bond acceptors (Lipinski definition) is 3. The van der Waals surface area contributed by atoms with Crippen LogP contribution in [0.4, 0.5) is 5.95 Å². The molecular weight excluding hydrogens is 250 g/mol. The number of hydrogen-bond donors (Lipinski definition) is 1. The minimum atomic E-state index is 0.800. The molecule has 114 valence electrons. The number of nitrogens with one attached hydrogen (secondary N) is 1. The van der Waals surface area contributed by atoms with Crippen LogP contribution in [0.2, 0.25) is 0 Å². The lowest BCUT2D eigenvalue weighted by molar-refractivity contribution is 0.197. The molecule has 1 N–H and O–H groups in total. The Hall–Kier alpha value is -1.03. The normalized spacial score (nSPS) is 22.9. The van der Waals surface area contributed by atoms with E-state index >= 15 is 0 Å². The lowest BCUT2D eigenvalue weighted by atomic mass is 9.81. The highest BCUT2D eigenvalue weighted by Crippen LogP contribution is 2.30. The zero-order chi connectivity index (χ0) is 14.2. The van der Waals surface area contributed by atoms with Crippen LogP contribution in [0, 0.1) is 11.8 Å². The first-order valence-corrected chi connectivity index (χ1v) is 8.03. The Balaban J connectivity index is 1.71. The molecule has 0 atom stereocenters. The highest BCUT2D eigenvalue weighted by Gasteiger charge is 2.18. The Labute approximate surface area is 122 Å². The van der Waals surface area contributed by atoms with Crippen LogP contribution in [0.3, 0.4) is 0 Å². The first-order valence-electron chi connectivity index (χ1n) is 8.03. The van der Waals surface area contributed by atoms with Gasteiger partial charge >= 0.3 is 0 Å². The lowest BCUT2D eigenvalue weighted by Gasteiger charge is -2.26. The molecule has 1 aliphatic carbocycles. The second-order valence-corrected chi connectivity index (χ2v) is 6.13. The van der Waals surface area contributed by atoms with Crippen molar-refractivity contribution in [1.29, 1.82) is 0 Å². The van der Waals surface area contributed by atoms with Crippen molar-refractivity contribution in [1.82, 2.24) is 9.55 Å². The Bertz CT molecular complexity index is 370. The van der Waals surface area contributed by atoms with E-state index in [4.69, 9.17) is 4.74 Å². The van der Waals surface area contributed by atoms with E-state index in [-0.39, 0.29) is 0 Å². The van der Waals surface area contributed by atoms with Crippen LogP contribution in [-0.2, 0) is 11.3 Å². The quantitative estimate of drug-likeness (QED) is 0.740. The van der Waals surface area contributed by atoms with Gasteiger partial charge in [-0.15, -0.1) is 0 Å². The molecule has 2 rings (SSSR count). The zero-order valence-electron chi connectivity index (χ0n) is 13.0. The topological polar surface area (TPSA) is 39.1 Å². The Morgan fingerprint density at radius 1 is 1.35 bits per heavy atom. The molecule has 0 amide bonds. The molecule has 0 radical (unpaired) electrons. The van der Waals surface area contributed by atoms with E-state index in [2.05, 4.69) is 28.0 Å². The van der Waals surface area contributed by atoms with E-state index in [0.717, 1.165) is 43.9 Å². The van der Waals surface area contributed by atoms with Gasteiger partial charge in [0.2, 0.25) is 5.95 Å². The van der Waals surface area contributed by atoms with E-state index in [1.807, 2.05) is 6.20 Å². The number of rotatable bonds is 8. The van der Waals surface area contributed by atoms with Crippen molar-refractivity contribution < 1.29 is 4.74 Å². The predicted octanol–water partition coefficient (Wildman–Crippen LogP) is 3.55. The molecule has 0 saturated heterocycles. The second-order valence-electron chi connectivity index (χ2n) is 6.13. The fourth-order valence-corrected chi connectivity index (χ4v) is 3.01. The first kappa shape index (κ1) is 15.4. The summed E-state index contributed by atoms with van der Waals surface area (Å²) in [6, 6.07) is 0. The maximum Gasteiger partial charge on any atom is 0.202 e. The molecule has 1 aliphatic rings. The second kappa shape index (κ2) is 8.30. The fourth-order valence-electron chi connectivity index (χ4n) is 3.01. The number of ether oxygens (including phenoxy) is 1. The van der Waals surface area contributed by atoms with Crippen LogP contribution in [0.15, 0.2) is 12.4 Å². The first-order chi connectivity index (χ1) is 9.79. The van der Waals surface area contributed by atoms with Gasteiger partial charge in [0.05, 0.1) is 0 Å². The Morgan fingerprint density at radius 3 is 2.90 bits per heavy atom. The van der Waals surface area contributed by atoms with Gasteiger partial charge in [-0.25, -0.2) is 4.98 Å². The maximum absolute atomic E-state index is 5.06. The summed E-state index contributed by atoms with van der Waals surface area (Å²) in [5.74, 6) is 2.86. The van der Waals surface area contributed by atoms with Crippen LogP contribution in [0.25, 0.3) is 0 Å². The molecule has 0 spiro atoms.